The summed E-state index contributed by atoms with van der Waals surface area (Å²) in [6.45, 7) is 18.2. The molecule has 0 unspecified atom stereocenters. The van der Waals surface area contributed by atoms with Gasteiger partial charge in [-0.3, -0.25) is 0 Å². The average Bonchev–Trinajstić information content (AvgIpc) is 2.65. The molecule has 2 aliphatic rings. The Hall–Kier alpha value is -1.40. The molecule has 6 heteroatoms. The lowest BCUT2D eigenvalue weighted by Crippen LogP contribution is -2.47. The quantitative estimate of drug-likeness (QED) is 0.735. The molecule has 6 nitrogen and oxygen atoms in total. The van der Waals surface area contributed by atoms with Crippen LogP contribution in [0, 0.1) is 13.8 Å². The summed E-state index contributed by atoms with van der Waals surface area (Å²) in [5.41, 5.74) is 2.02. The first-order valence-corrected chi connectivity index (χ1v) is 10.9. The van der Waals surface area contributed by atoms with Crippen molar-refractivity contribution in [3.05, 3.63) is 11.4 Å². The van der Waals surface area contributed by atoms with E-state index in [-0.39, 0.29) is 11.2 Å². The van der Waals surface area contributed by atoms with Crippen LogP contribution in [0.3, 0.4) is 0 Å². The molecule has 0 radical (unpaired) electrons. The first-order chi connectivity index (χ1) is 13.3. The van der Waals surface area contributed by atoms with E-state index in [1.165, 1.54) is 0 Å². The minimum Gasteiger partial charge on any atom is -0.375 e. The third-order valence-electron chi connectivity index (χ3n) is 6.50. The van der Waals surface area contributed by atoms with Crippen molar-refractivity contribution in [2.45, 2.75) is 78.4 Å². The molecule has 1 aromatic heterocycles. The molecule has 1 aromatic rings. The number of rotatable bonds is 6. The van der Waals surface area contributed by atoms with Gasteiger partial charge in [0.15, 0.2) is 11.6 Å². The van der Waals surface area contributed by atoms with Crippen molar-refractivity contribution in [1.29, 1.82) is 0 Å². The van der Waals surface area contributed by atoms with Gasteiger partial charge in [-0.2, -0.15) is 0 Å². The van der Waals surface area contributed by atoms with Gasteiger partial charge in [-0.25, -0.2) is 9.97 Å². The lowest BCUT2D eigenvalue weighted by atomic mass is 9.92. The second kappa shape index (κ2) is 8.54. The smallest absolute Gasteiger partial charge is 0.172 e. The Bertz CT molecular complexity index is 606. The van der Waals surface area contributed by atoms with Crippen molar-refractivity contribution in [3.8, 4) is 0 Å². The minimum absolute atomic E-state index is 0.0109. The fraction of sp³-hybridized carbons (Fsp3) is 0.818. The molecule has 0 saturated carbocycles. The predicted octanol–water partition coefficient (Wildman–Crippen LogP) is 3.88. The van der Waals surface area contributed by atoms with E-state index in [0.717, 1.165) is 88.1 Å². The summed E-state index contributed by atoms with van der Waals surface area (Å²) in [5, 5.41) is 0. The standard InChI is InChI=1S/C22H38N4O2/c1-7-27-21(5)9-13-25(14-10-21)19-20(24-18(4)17(3)23-19)26-15-11-22(6,12-16-26)28-8-2/h7-16H2,1-6H3. The van der Waals surface area contributed by atoms with Gasteiger partial charge in [-0.15, -0.1) is 0 Å². The van der Waals surface area contributed by atoms with Gasteiger partial charge in [0.25, 0.3) is 0 Å². The van der Waals surface area contributed by atoms with Gasteiger partial charge in [0.05, 0.1) is 22.6 Å². The fourth-order valence-electron chi connectivity index (χ4n) is 4.37. The monoisotopic (exact) mass is 390 g/mol. The number of nitrogens with zero attached hydrogens (tertiary/aromatic N) is 4. The van der Waals surface area contributed by atoms with Crippen molar-refractivity contribution in [3.63, 3.8) is 0 Å². The van der Waals surface area contributed by atoms with E-state index in [1.807, 2.05) is 0 Å². The number of ether oxygens (including phenoxy) is 2. The Morgan fingerprint density at radius 1 is 0.714 bits per heavy atom. The molecule has 0 bridgehead atoms. The second-order valence-corrected chi connectivity index (χ2v) is 8.78. The molecule has 0 N–H and O–H groups in total. The molecular formula is C22H38N4O2. The maximum absolute atomic E-state index is 6.00. The summed E-state index contributed by atoms with van der Waals surface area (Å²) in [5.74, 6) is 2.09. The van der Waals surface area contributed by atoms with Gasteiger partial charge in [0.2, 0.25) is 0 Å². The Kier molecular flexibility index (Phi) is 6.50. The molecule has 0 spiro atoms. The van der Waals surface area contributed by atoms with E-state index < -0.39 is 0 Å². The summed E-state index contributed by atoms with van der Waals surface area (Å²) in [6, 6.07) is 0. The summed E-state index contributed by atoms with van der Waals surface area (Å²) in [4.78, 5) is 14.8. The van der Waals surface area contributed by atoms with E-state index in [1.54, 1.807) is 0 Å². The zero-order valence-electron chi connectivity index (χ0n) is 18.7. The summed E-state index contributed by atoms with van der Waals surface area (Å²) >= 11 is 0. The summed E-state index contributed by atoms with van der Waals surface area (Å²) < 4.78 is 12.0. The number of hydrogen-bond donors (Lipinski definition) is 0. The molecule has 2 saturated heterocycles. The van der Waals surface area contributed by atoms with Crippen LogP contribution in [0.1, 0.15) is 64.8 Å². The first kappa shape index (κ1) is 21.3. The normalized spacial score (nSPS) is 21.8. The van der Waals surface area contributed by atoms with Gasteiger partial charge in [-0.05, 0) is 67.2 Å². The average molecular weight is 391 g/mol. The third kappa shape index (κ3) is 4.60. The molecule has 0 amide bonds. The third-order valence-corrected chi connectivity index (χ3v) is 6.50. The highest BCUT2D eigenvalue weighted by atomic mass is 16.5. The topological polar surface area (TPSA) is 50.7 Å². The Morgan fingerprint density at radius 3 is 1.32 bits per heavy atom. The predicted molar refractivity (Wildman–Crippen MR) is 114 cm³/mol. The van der Waals surface area contributed by atoms with Crippen LogP contribution in [-0.4, -0.2) is 60.6 Å². The van der Waals surface area contributed by atoms with Crippen LogP contribution in [0.25, 0.3) is 0 Å². The molecule has 158 valence electrons. The largest absolute Gasteiger partial charge is 0.375 e. The highest BCUT2D eigenvalue weighted by Gasteiger charge is 2.35. The number of piperidine rings is 2. The Labute approximate surface area is 170 Å². The van der Waals surface area contributed by atoms with Crippen molar-refractivity contribution in [1.82, 2.24) is 9.97 Å². The van der Waals surface area contributed by atoms with Gasteiger partial charge in [0, 0.05) is 39.4 Å². The molecular weight excluding hydrogens is 352 g/mol. The molecule has 0 atom stereocenters. The van der Waals surface area contributed by atoms with Crippen LogP contribution in [0.2, 0.25) is 0 Å². The maximum Gasteiger partial charge on any atom is 0.172 e. The molecule has 3 heterocycles. The van der Waals surface area contributed by atoms with E-state index in [9.17, 15) is 0 Å². The fourth-order valence-corrected chi connectivity index (χ4v) is 4.37. The SMILES string of the molecule is CCOC1(C)CCN(c2nc(C)c(C)nc2N2CCC(C)(OCC)CC2)CC1. The van der Waals surface area contributed by atoms with Crippen molar-refractivity contribution in [2.75, 3.05) is 49.2 Å². The number of hydrogen-bond acceptors (Lipinski definition) is 6. The van der Waals surface area contributed by atoms with E-state index in [4.69, 9.17) is 19.4 Å². The Balaban J connectivity index is 1.79. The lowest BCUT2D eigenvalue weighted by Gasteiger charge is -2.43. The first-order valence-electron chi connectivity index (χ1n) is 10.9. The van der Waals surface area contributed by atoms with E-state index >= 15 is 0 Å². The van der Waals surface area contributed by atoms with Crippen molar-refractivity contribution < 1.29 is 9.47 Å². The second-order valence-electron chi connectivity index (χ2n) is 8.78. The highest BCUT2D eigenvalue weighted by Crippen LogP contribution is 2.35. The maximum atomic E-state index is 6.00. The van der Waals surface area contributed by atoms with Crippen molar-refractivity contribution in [2.24, 2.45) is 0 Å². The van der Waals surface area contributed by atoms with Crippen LogP contribution < -0.4 is 9.80 Å². The van der Waals surface area contributed by atoms with Crippen LogP contribution in [0.5, 0.6) is 0 Å². The Morgan fingerprint density at radius 2 is 1.04 bits per heavy atom. The highest BCUT2D eigenvalue weighted by molar-refractivity contribution is 5.64. The minimum atomic E-state index is -0.0109. The molecule has 3 rings (SSSR count). The molecule has 28 heavy (non-hydrogen) atoms. The zero-order valence-corrected chi connectivity index (χ0v) is 18.7. The van der Waals surface area contributed by atoms with Crippen LogP contribution >= 0.6 is 0 Å². The molecule has 0 aliphatic carbocycles. The van der Waals surface area contributed by atoms with Gasteiger partial charge < -0.3 is 19.3 Å². The van der Waals surface area contributed by atoms with Crippen LogP contribution in [0.4, 0.5) is 11.6 Å². The summed E-state index contributed by atoms with van der Waals surface area (Å²) in [7, 11) is 0. The summed E-state index contributed by atoms with van der Waals surface area (Å²) in [6.07, 6.45) is 4.10. The van der Waals surface area contributed by atoms with Crippen LogP contribution in [-0.2, 0) is 9.47 Å². The zero-order chi connectivity index (χ0) is 20.4. The van der Waals surface area contributed by atoms with Gasteiger partial charge >= 0.3 is 0 Å². The van der Waals surface area contributed by atoms with Crippen LogP contribution in [0.15, 0.2) is 0 Å². The molecule has 0 aromatic carbocycles. The lowest BCUT2D eigenvalue weighted by molar-refractivity contribution is -0.0422. The number of anilines is 2. The molecule has 2 fully saturated rings. The van der Waals surface area contributed by atoms with Gasteiger partial charge in [-0.1, -0.05) is 0 Å². The molecule has 2 aliphatic heterocycles. The van der Waals surface area contributed by atoms with Gasteiger partial charge in [0.1, 0.15) is 0 Å². The van der Waals surface area contributed by atoms with E-state index in [0.29, 0.717) is 0 Å². The number of aryl methyl sites for hydroxylation is 2. The van der Waals surface area contributed by atoms with Crippen molar-refractivity contribution >= 4 is 11.6 Å². The van der Waals surface area contributed by atoms with E-state index in [2.05, 4.69) is 51.3 Å². The number of aromatic nitrogens is 2.